The van der Waals surface area contributed by atoms with Gasteiger partial charge in [-0.15, -0.1) is 0 Å². The maximum atomic E-state index is 13.2. The first kappa shape index (κ1) is 17.1. The number of hydrogen-bond donors (Lipinski definition) is 0. The molecular formula is C22H26N2O2. The Morgan fingerprint density at radius 1 is 1.19 bits per heavy atom. The summed E-state index contributed by atoms with van der Waals surface area (Å²) in [4.78, 5) is 28.2. The summed E-state index contributed by atoms with van der Waals surface area (Å²) in [7, 11) is 0. The average Bonchev–Trinajstić information content (AvgIpc) is 2.95. The summed E-state index contributed by atoms with van der Waals surface area (Å²) in [5, 5.41) is 0. The lowest BCUT2D eigenvalue weighted by Gasteiger charge is -2.44. The molecule has 2 aliphatic rings. The number of carbonyl (C=O) groups excluding carboxylic acids is 1. The predicted octanol–water partition coefficient (Wildman–Crippen LogP) is 3.89. The number of hydrogen-bond acceptors (Lipinski definition) is 2. The number of likely N-dealkylation sites (tertiary alicyclic amines) is 1. The van der Waals surface area contributed by atoms with Gasteiger partial charge < -0.3 is 4.90 Å². The van der Waals surface area contributed by atoms with Crippen LogP contribution in [0.2, 0.25) is 0 Å². The van der Waals surface area contributed by atoms with Crippen LogP contribution in [0.4, 0.5) is 0 Å². The summed E-state index contributed by atoms with van der Waals surface area (Å²) in [5.41, 5.74) is 2.87. The number of pyridine rings is 1. The van der Waals surface area contributed by atoms with Gasteiger partial charge in [-0.2, -0.15) is 0 Å². The molecule has 2 aromatic rings. The first-order valence-electron chi connectivity index (χ1n) is 9.61. The predicted molar refractivity (Wildman–Crippen MR) is 103 cm³/mol. The zero-order valence-electron chi connectivity index (χ0n) is 15.7. The molecule has 136 valence electrons. The highest BCUT2D eigenvalue weighted by Crippen LogP contribution is 2.39. The molecule has 1 aromatic heterocycles. The summed E-state index contributed by atoms with van der Waals surface area (Å²) < 4.78 is 1.61. The van der Waals surface area contributed by atoms with E-state index in [1.165, 1.54) is 18.4 Å². The Morgan fingerprint density at radius 3 is 2.73 bits per heavy atom. The van der Waals surface area contributed by atoms with E-state index in [9.17, 15) is 9.59 Å². The molecule has 0 unspecified atom stereocenters. The Bertz CT molecular complexity index is 913. The van der Waals surface area contributed by atoms with Gasteiger partial charge in [-0.05, 0) is 60.9 Å². The van der Waals surface area contributed by atoms with E-state index in [2.05, 4.69) is 19.9 Å². The van der Waals surface area contributed by atoms with Crippen molar-refractivity contribution in [1.29, 1.82) is 0 Å². The molecule has 2 fully saturated rings. The fourth-order valence-electron chi connectivity index (χ4n) is 4.39. The van der Waals surface area contributed by atoms with Crippen LogP contribution in [0, 0.1) is 12.8 Å². The van der Waals surface area contributed by atoms with E-state index in [1.807, 2.05) is 36.1 Å². The Kier molecular flexibility index (Phi) is 4.22. The van der Waals surface area contributed by atoms with E-state index in [0.717, 1.165) is 24.2 Å². The number of amides is 1. The number of aromatic nitrogens is 1. The van der Waals surface area contributed by atoms with Crippen molar-refractivity contribution in [1.82, 2.24) is 9.47 Å². The third-order valence-electron chi connectivity index (χ3n) is 6.04. The third-order valence-corrected chi connectivity index (χ3v) is 6.04. The van der Waals surface area contributed by atoms with E-state index in [-0.39, 0.29) is 11.5 Å². The van der Waals surface area contributed by atoms with Crippen molar-refractivity contribution >= 4 is 5.91 Å². The van der Waals surface area contributed by atoms with E-state index < -0.39 is 0 Å². The minimum atomic E-state index is -0.211. The summed E-state index contributed by atoms with van der Waals surface area (Å²) in [5.74, 6) is 0.940. The molecule has 4 rings (SSSR count). The summed E-state index contributed by atoms with van der Waals surface area (Å²) >= 11 is 0. The number of nitrogens with zero attached hydrogens (tertiary/aromatic N) is 2. The first-order valence-corrected chi connectivity index (χ1v) is 9.61. The van der Waals surface area contributed by atoms with Crippen LogP contribution in [0.3, 0.4) is 0 Å². The molecular weight excluding hydrogens is 324 g/mol. The lowest BCUT2D eigenvalue weighted by Crippen LogP contribution is -2.57. The number of aryl methyl sites for hydroxylation is 1. The van der Waals surface area contributed by atoms with Crippen molar-refractivity contribution in [2.45, 2.75) is 52.0 Å². The van der Waals surface area contributed by atoms with Crippen LogP contribution in [0.25, 0.3) is 5.69 Å². The van der Waals surface area contributed by atoms with Crippen molar-refractivity contribution in [2.24, 2.45) is 5.92 Å². The molecule has 0 spiro atoms. The maximum Gasteiger partial charge on any atom is 0.268 e. The zero-order chi connectivity index (χ0) is 18.4. The molecule has 1 saturated heterocycles. The monoisotopic (exact) mass is 350 g/mol. The van der Waals surface area contributed by atoms with E-state index >= 15 is 0 Å². The van der Waals surface area contributed by atoms with Crippen LogP contribution in [0.1, 0.15) is 60.5 Å². The van der Waals surface area contributed by atoms with Gasteiger partial charge in [-0.3, -0.25) is 14.2 Å². The van der Waals surface area contributed by atoms with Gasteiger partial charge in [0.05, 0.1) is 0 Å². The van der Waals surface area contributed by atoms with Crippen molar-refractivity contribution < 1.29 is 4.79 Å². The van der Waals surface area contributed by atoms with Crippen LogP contribution >= 0.6 is 0 Å². The minimum absolute atomic E-state index is 0.0926. The Hall–Kier alpha value is -2.36. The SMILES string of the molecule is Cc1ccn(-c2cccc(C(C)C)c2)c(=O)c1C(=O)N1C[C@@H]2CCC[C@@H]21. The molecule has 1 aromatic carbocycles. The average molecular weight is 350 g/mol. The molecule has 1 saturated carbocycles. The van der Waals surface area contributed by atoms with Crippen molar-refractivity contribution in [3.63, 3.8) is 0 Å². The standard InChI is InChI=1S/C22H26N2O2/c1-14(2)16-6-4-8-18(12-16)23-11-10-15(3)20(21(23)25)22(26)24-13-17-7-5-9-19(17)24/h4,6,8,10-12,14,17,19H,5,7,9,13H2,1-3H3/t17-,19-/m0/s1. The largest absolute Gasteiger partial charge is 0.335 e. The fourth-order valence-corrected chi connectivity index (χ4v) is 4.39. The van der Waals surface area contributed by atoms with Crippen LogP contribution in [-0.2, 0) is 0 Å². The summed E-state index contributed by atoms with van der Waals surface area (Å²) in [6.07, 6.45) is 5.27. The van der Waals surface area contributed by atoms with Crippen LogP contribution in [0.5, 0.6) is 0 Å². The molecule has 1 aliphatic carbocycles. The fraction of sp³-hybridized carbons (Fsp3) is 0.455. The lowest BCUT2D eigenvalue weighted by molar-refractivity contribution is 0.0266. The second kappa shape index (κ2) is 6.42. The third kappa shape index (κ3) is 2.68. The van der Waals surface area contributed by atoms with Gasteiger partial charge in [-0.1, -0.05) is 32.4 Å². The second-order valence-electron chi connectivity index (χ2n) is 8.01. The molecule has 0 bridgehead atoms. The van der Waals surface area contributed by atoms with Crippen molar-refractivity contribution in [3.05, 3.63) is 63.6 Å². The van der Waals surface area contributed by atoms with Crippen molar-refractivity contribution in [2.75, 3.05) is 6.54 Å². The topological polar surface area (TPSA) is 42.3 Å². The van der Waals surface area contributed by atoms with Gasteiger partial charge in [0, 0.05) is 24.5 Å². The first-order chi connectivity index (χ1) is 12.5. The van der Waals surface area contributed by atoms with Crippen LogP contribution in [-0.4, -0.2) is 28.0 Å². The molecule has 0 N–H and O–H groups in total. The summed E-state index contributed by atoms with van der Waals surface area (Å²) in [6, 6.07) is 10.2. The number of benzene rings is 1. The normalized spacial score (nSPS) is 21.6. The Labute approximate surface area is 154 Å². The highest BCUT2D eigenvalue weighted by atomic mass is 16.2. The minimum Gasteiger partial charge on any atom is -0.335 e. The Morgan fingerprint density at radius 2 is 2.00 bits per heavy atom. The van der Waals surface area contributed by atoms with Gasteiger partial charge in [-0.25, -0.2) is 0 Å². The van der Waals surface area contributed by atoms with Crippen LogP contribution < -0.4 is 5.56 Å². The van der Waals surface area contributed by atoms with Gasteiger partial charge in [0.15, 0.2) is 0 Å². The maximum absolute atomic E-state index is 13.2. The highest BCUT2D eigenvalue weighted by molar-refractivity contribution is 5.96. The van der Waals surface area contributed by atoms with Gasteiger partial charge in [0.2, 0.25) is 0 Å². The lowest BCUT2D eigenvalue weighted by atomic mass is 9.90. The van der Waals surface area contributed by atoms with Gasteiger partial charge >= 0.3 is 0 Å². The quantitative estimate of drug-likeness (QED) is 0.843. The molecule has 4 heteroatoms. The smallest absolute Gasteiger partial charge is 0.268 e. The number of rotatable bonds is 3. The molecule has 26 heavy (non-hydrogen) atoms. The van der Waals surface area contributed by atoms with E-state index in [4.69, 9.17) is 0 Å². The van der Waals surface area contributed by atoms with Gasteiger partial charge in [0.25, 0.3) is 11.5 Å². The molecule has 1 amide bonds. The highest BCUT2D eigenvalue weighted by Gasteiger charge is 2.45. The number of fused-ring (bicyclic) bond motifs is 1. The van der Waals surface area contributed by atoms with E-state index in [1.54, 1.807) is 10.8 Å². The second-order valence-corrected chi connectivity index (χ2v) is 8.01. The molecule has 1 aliphatic heterocycles. The molecule has 2 atom stereocenters. The van der Waals surface area contributed by atoms with Crippen molar-refractivity contribution in [3.8, 4) is 5.69 Å². The molecule has 2 heterocycles. The number of carbonyl (C=O) groups is 1. The summed E-state index contributed by atoms with van der Waals surface area (Å²) in [6.45, 7) is 6.93. The Balaban J connectivity index is 1.73. The molecule has 4 nitrogen and oxygen atoms in total. The van der Waals surface area contributed by atoms with Gasteiger partial charge in [0.1, 0.15) is 5.56 Å². The van der Waals surface area contributed by atoms with E-state index in [0.29, 0.717) is 23.4 Å². The van der Waals surface area contributed by atoms with Crippen LogP contribution in [0.15, 0.2) is 41.3 Å². The zero-order valence-corrected chi connectivity index (χ0v) is 15.7. The molecule has 0 radical (unpaired) electrons.